The second kappa shape index (κ2) is 19.3. The number of carbonyl (C=O) groups is 1. The average molecular weight is 550 g/mol. The van der Waals surface area contributed by atoms with E-state index in [-0.39, 0.29) is 0 Å². The average Bonchev–Trinajstić information content (AvgIpc) is 2.89. The number of halogens is 1. The van der Waals surface area contributed by atoms with Crippen molar-refractivity contribution in [3.63, 3.8) is 0 Å². The lowest BCUT2D eigenvalue weighted by Gasteiger charge is -2.21. The van der Waals surface area contributed by atoms with Crippen molar-refractivity contribution in [2.45, 2.75) is 103 Å². The van der Waals surface area contributed by atoms with Gasteiger partial charge < -0.3 is 9.26 Å². The summed E-state index contributed by atoms with van der Waals surface area (Å²) in [6.07, 6.45) is 16.7. The summed E-state index contributed by atoms with van der Waals surface area (Å²) >= 11 is 6.18. The highest BCUT2D eigenvalue weighted by molar-refractivity contribution is 7.84. The molecule has 0 aliphatic carbocycles. The van der Waals surface area contributed by atoms with Crippen molar-refractivity contribution < 1.29 is 18.6 Å². The third-order valence-corrected chi connectivity index (χ3v) is 7.90. The highest BCUT2D eigenvalue weighted by atomic mass is 35.7. The molecule has 5 nitrogen and oxygen atoms in total. The van der Waals surface area contributed by atoms with Crippen LogP contribution in [-0.4, -0.2) is 18.6 Å². The first-order valence-corrected chi connectivity index (χ1v) is 16.6. The van der Waals surface area contributed by atoms with E-state index in [1.807, 2.05) is 36.4 Å². The minimum absolute atomic E-state index is 0.299. The third-order valence-electron chi connectivity index (χ3n) is 6.34. The van der Waals surface area contributed by atoms with Gasteiger partial charge in [0.25, 0.3) is 0 Å². The molecule has 7 heteroatoms. The number of unbranched alkanes of at least 4 members (excludes halogenated alkanes) is 12. The van der Waals surface area contributed by atoms with E-state index in [0.717, 1.165) is 24.8 Å². The molecule has 0 heterocycles. The molecule has 2 aromatic carbocycles. The Kier molecular flexibility index (Phi) is 16.4. The Hall–Kier alpha value is -1.81. The van der Waals surface area contributed by atoms with Crippen molar-refractivity contribution in [2.24, 2.45) is 0 Å². The Balaban J connectivity index is 1.67. The maximum absolute atomic E-state index is 12.9. The second-order valence-electron chi connectivity index (χ2n) is 9.67. The minimum Gasteiger partial charge on any atom is -0.465 e. The van der Waals surface area contributed by atoms with Crippen molar-refractivity contribution in [3.8, 4) is 5.75 Å². The van der Waals surface area contributed by atoms with E-state index in [1.165, 1.54) is 64.2 Å². The molecule has 37 heavy (non-hydrogen) atoms. The summed E-state index contributed by atoms with van der Waals surface area (Å²) in [6.45, 7) is -1.21. The lowest BCUT2D eigenvalue weighted by atomic mass is 10.0. The van der Waals surface area contributed by atoms with Gasteiger partial charge in [-0.25, -0.2) is 9.65 Å². The monoisotopic (exact) mass is 549 g/mol. The third kappa shape index (κ3) is 15.3. The molecule has 2 aromatic rings. The molecule has 0 spiro atoms. The molecule has 0 saturated heterocycles. The normalized spacial score (nSPS) is 13.6. The van der Waals surface area contributed by atoms with E-state index in [2.05, 4.69) is 12.0 Å². The van der Waals surface area contributed by atoms with Crippen molar-refractivity contribution in [1.29, 1.82) is 0 Å². The smallest absolute Gasteiger partial charge is 0.409 e. The second-order valence-corrected chi connectivity index (χ2v) is 12.4. The maximum atomic E-state index is 12.9. The van der Waals surface area contributed by atoms with E-state index >= 15 is 0 Å². The van der Waals surface area contributed by atoms with E-state index < -0.39 is 18.9 Å². The molecule has 1 unspecified atom stereocenters. The van der Waals surface area contributed by atoms with E-state index in [1.54, 1.807) is 24.3 Å². The zero-order valence-electron chi connectivity index (χ0n) is 22.4. The van der Waals surface area contributed by atoms with Crippen LogP contribution in [-0.2, 0) is 20.5 Å². The maximum Gasteiger partial charge on any atom is 0.409 e. The summed E-state index contributed by atoms with van der Waals surface area (Å²) in [7, 11) is 0. The predicted molar refractivity (Wildman–Crippen MR) is 154 cm³/mol. The van der Waals surface area contributed by atoms with Gasteiger partial charge in [0.2, 0.25) is 0 Å². The fourth-order valence-corrected chi connectivity index (χ4v) is 5.86. The number of benzene rings is 2. The van der Waals surface area contributed by atoms with E-state index in [0.29, 0.717) is 18.8 Å². The first kappa shape index (κ1) is 31.4. The molecule has 0 aromatic heterocycles. The van der Waals surface area contributed by atoms with E-state index in [9.17, 15) is 9.36 Å². The summed E-state index contributed by atoms with van der Waals surface area (Å²) in [5.74, 6) is -0.104. The molecule has 0 amide bonds. The molecule has 0 fully saturated rings. The van der Waals surface area contributed by atoms with Gasteiger partial charge in [0.15, 0.2) is 0 Å². The Labute approximate surface area is 229 Å². The number of hydrogen-bond acceptors (Lipinski definition) is 4. The Morgan fingerprint density at radius 3 is 1.81 bits per heavy atom. The van der Waals surface area contributed by atoms with Crippen LogP contribution in [0.2, 0.25) is 0 Å². The molecule has 1 N–H and O–H groups in total. The van der Waals surface area contributed by atoms with Gasteiger partial charge in [0.1, 0.15) is 11.8 Å². The van der Waals surface area contributed by atoms with Gasteiger partial charge in [-0.1, -0.05) is 133 Å². The van der Waals surface area contributed by atoms with Crippen LogP contribution in [0.25, 0.3) is 0 Å². The molecule has 0 aliphatic heterocycles. The van der Waals surface area contributed by atoms with Crippen molar-refractivity contribution in [2.75, 3.05) is 6.61 Å². The van der Waals surface area contributed by atoms with Gasteiger partial charge in [-0.15, -0.1) is 0 Å². The number of para-hydroxylation sites is 1. The van der Waals surface area contributed by atoms with Crippen LogP contribution in [0.1, 0.15) is 96.0 Å². The van der Waals surface area contributed by atoms with Crippen LogP contribution >= 0.6 is 18.1 Å². The summed E-state index contributed by atoms with van der Waals surface area (Å²) in [5.41, 5.74) is 0.911. The van der Waals surface area contributed by atoms with E-state index in [4.69, 9.17) is 20.5 Å². The summed E-state index contributed by atoms with van der Waals surface area (Å²) in [4.78, 5) is 12.9. The van der Waals surface area contributed by atoms with Crippen LogP contribution in [0.5, 0.6) is 5.75 Å². The molecular formula is C30H45ClNO4P. The topological polar surface area (TPSA) is 64.6 Å². The van der Waals surface area contributed by atoms with Crippen LogP contribution in [0.3, 0.4) is 0 Å². The lowest BCUT2D eigenvalue weighted by molar-refractivity contribution is -0.145. The number of carbonyl (C=O) groups excluding carboxylic acids is 1. The number of nitrogens with one attached hydrogen (secondary N) is 1. The Morgan fingerprint density at radius 2 is 1.27 bits per heavy atom. The van der Waals surface area contributed by atoms with Crippen molar-refractivity contribution in [1.82, 2.24) is 5.09 Å². The predicted octanol–water partition coefficient (Wildman–Crippen LogP) is 9.25. The van der Waals surface area contributed by atoms with Gasteiger partial charge in [0, 0.05) is 11.2 Å². The van der Waals surface area contributed by atoms with Gasteiger partial charge in [-0.2, -0.15) is 0 Å². The Morgan fingerprint density at radius 1 is 0.784 bits per heavy atom. The fraction of sp³-hybridized carbons (Fsp3) is 0.567. The first-order chi connectivity index (χ1) is 18.0. The summed E-state index contributed by atoms with van der Waals surface area (Å²) in [6, 6.07) is 17.3. The quantitative estimate of drug-likeness (QED) is 0.0954. The molecular weight excluding hydrogens is 505 g/mol. The number of hydrogen-bond donors (Lipinski definition) is 1. The van der Waals surface area contributed by atoms with Gasteiger partial charge in [-0.3, -0.25) is 4.79 Å². The zero-order chi connectivity index (χ0) is 26.6. The minimum atomic E-state index is -3.81. The molecule has 2 atom stereocenters. The molecule has 206 valence electrons. The molecule has 0 saturated carbocycles. The molecule has 0 radical (unpaired) electrons. The zero-order valence-corrected chi connectivity index (χ0v) is 24.1. The Bertz CT molecular complexity index is 897. The van der Waals surface area contributed by atoms with Crippen LogP contribution in [0.15, 0.2) is 60.7 Å². The summed E-state index contributed by atoms with van der Waals surface area (Å²) in [5, 5.41) is 2.71. The largest absolute Gasteiger partial charge is 0.465 e. The van der Waals surface area contributed by atoms with Gasteiger partial charge >= 0.3 is 12.8 Å². The highest BCUT2D eigenvalue weighted by Crippen LogP contribution is 2.48. The van der Waals surface area contributed by atoms with Gasteiger partial charge in [-0.05, 0) is 30.5 Å². The molecule has 2 rings (SSSR count). The van der Waals surface area contributed by atoms with Crippen LogP contribution in [0, 0.1) is 0 Å². The molecule has 0 aliphatic rings. The number of esters is 1. The molecule has 0 bridgehead atoms. The van der Waals surface area contributed by atoms with Crippen molar-refractivity contribution >= 4 is 24.1 Å². The van der Waals surface area contributed by atoms with Gasteiger partial charge in [0.05, 0.1) is 6.61 Å². The van der Waals surface area contributed by atoms with Crippen LogP contribution in [0.4, 0.5) is 0 Å². The first-order valence-electron chi connectivity index (χ1n) is 14.0. The standard InChI is InChI=1S/C30H45ClNO4P/c1-2-3-4-5-6-7-8-9-10-11-12-13-20-25-35-30(33)29(26-27-21-16-14-17-22-27)32-37(31,34)36-28-23-18-15-19-24-28/h14-19,21-24,29H,2-13,20,25-26H2,1H3,(H,32,34)/t29-,37?/m0/s1. The highest BCUT2D eigenvalue weighted by Gasteiger charge is 2.31. The van der Waals surface area contributed by atoms with Crippen molar-refractivity contribution in [3.05, 3.63) is 66.2 Å². The fourth-order valence-electron chi connectivity index (χ4n) is 4.25. The summed E-state index contributed by atoms with van der Waals surface area (Å²) < 4.78 is 23.9. The lowest BCUT2D eigenvalue weighted by Crippen LogP contribution is -2.38. The van der Waals surface area contributed by atoms with Crippen LogP contribution < -0.4 is 9.61 Å². The SMILES string of the molecule is CCCCCCCCCCCCCCCOC(=O)[C@H](Cc1ccccc1)NP(=O)(Cl)Oc1ccccc1. The number of rotatable bonds is 21. The number of ether oxygens (including phenoxy) is 1.